The molecule has 0 heterocycles. The molecule has 0 amide bonds. The Kier molecular flexibility index (Phi) is 2.87. The fourth-order valence-corrected chi connectivity index (χ4v) is 9.06. The van der Waals surface area contributed by atoms with Crippen LogP contribution in [0.1, 0.15) is 0 Å². The molecule has 0 aliphatic rings. The summed E-state index contributed by atoms with van der Waals surface area (Å²) in [4.78, 5) is 0. The molecule has 4 heteroatoms. The number of hydrogen-bond donors (Lipinski definition) is 0. The van der Waals surface area contributed by atoms with Gasteiger partial charge in [-0.2, -0.15) is 0 Å². The summed E-state index contributed by atoms with van der Waals surface area (Å²) in [6.07, 6.45) is 0. The number of nitrogens with zero attached hydrogens (tertiary/aromatic N) is 1. The fraction of sp³-hybridized carbons (Fsp3) is 1.00. The van der Waals surface area contributed by atoms with E-state index in [0.717, 1.165) is 0 Å². The third-order valence-electron chi connectivity index (χ3n) is 1.22. The molecule has 0 aliphatic carbocycles. The zero-order valence-corrected chi connectivity index (χ0v) is 9.86. The predicted molar refractivity (Wildman–Crippen MR) is 51.9 cm³/mol. The molecule has 62 valence electrons. The number of rotatable bonds is 2. The Bertz CT molecular complexity index is 99.9. The molecule has 0 spiro atoms. The third kappa shape index (κ3) is 2.96. The lowest BCUT2D eigenvalue weighted by Crippen LogP contribution is -2.55. The van der Waals surface area contributed by atoms with Crippen molar-refractivity contribution in [2.45, 2.75) is 39.3 Å². The highest BCUT2D eigenvalue weighted by Gasteiger charge is 2.25. The van der Waals surface area contributed by atoms with Crippen LogP contribution >= 0.6 is 0 Å². The molecule has 0 fully saturated rings. The van der Waals surface area contributed by atoms with Crippen LogP contribution in [-0.2, 0) is 0 Å². The first-order chi connectivity index (χ1) is 4.15. The van der Waals surface area contributed by atoms with Crippen LogP contribution in [0.15, 0.2) is 0 Å². The third-order valence-corrected chi connectivity index (χ3v) is 7.68. The maximum Gasteiger partial charge on any atom is 0.0995 e. The summed E-state index contributed by atoms with van der Waals surface area (Å²) in [5, 5.41) is 11.5. The van der Waals surface area contributed by atoms with Gasteiger partial charge in [-0.3, -0.25) is 0 Å². The van der Waals surface area contributed by atoms with Gasteiger partial charge < -0.3 is 9.60 Å². The molecule has 0 rings (SSSR count). The number of hydrogen-bond acceptors (Lipinski definition) is 2. The van der Waals surface area contributed by atoms with Gasteiger partial charge in [0.15, 0.2) is 0 Å². The highest BCUT2D eigenvalue weighted by molar-refractivity contribution is 6.89. The Balaban J connectivity index is 4.23. The van der Waals surface area contributed by atoms with Gasteiger partial charge in [-0.1, -0.05) is 39.3 Å². The lowest BCUT2D eigenvalue weighted by molar-refractivity contribution is 0.839. The molecule has 10 heavy (non-hydrogen) atoms. The second kappa shape index (κ2) is 2.77. The Morgan fingerprint density at radius 1 is 0.800 bits per heavy atom. The molecule has 0 unspecified atom stereocenters. The van der Waals surface area contributed by atoms with Crippen LogP contribution in [0, 0.1) is 5.21 Å². The van der Waals surface area contributed by atoms with Gasteiger partial charge in [-0.05, 0) is 0 Å². The summed E-state index contributed by atoms with van der Waals surface area (Å²) in [6.45, 7) is 12.6. The van der Waals surface area contributed by atoms with Crippen molar-refractivity contribution < 1.29 is 0 Å². The van der Waals surface area contributed by atoms with E-state index < -0.39 is 16.5 Å². The molecular weight excluding hydrogens is 158 g/mol. The van der Waals surface area contributed by atoms with Crippen LogP contribution in [0.4, 0.5) is 0 Å². The van der Waals surface area contributed by atoms with Gasteiger partial charge in [0, 0.05) is 0 Å². The first kappa shape index (κ1) is 10.4. The van der Waals surface area contributed by atoms with Crippen LogP contribution in [0.25, 0.3) is 0 Å². The molecule has 0 aromatic carbocycles. The normalized spacial score (nSPS) is 14.4. The quantitative estimate of drug-likeness (QED) is 0.477. The molecule has 0 saturated carbocycles. The Hall–Kier alpha value is 0.354. The maximum atomic E-state index is 11.5. The van der Waals surface area contributed by atoms with Crippen molar-refractivity contribution in [2.75, 3.05) is 0 Å². The van der Waals surface area contributed by atoms with Crippen molar-refractivity contribution >= 4 is 16.5 Å². The maximum absolute atomic E-state index is 11.5. The van der Waals surface area contributed by atoms with E-state index in [0.29, 0.717) is 0 Å². The van der Waals surface area contributed by atoms with Crippen LogP contribution in [0.2, 0.25) is 39.3 Å². The molecule has 0 radical (unpaired) electrons. The second-order valence-electron chi connectivity index (χ2n) is 4.64. The first-order valence-electron chi connectivity index (χ1n) is 3.63. The molecule has 0 atom stereocenters. The van der Waals surface area contributed by atoms with Crippen molar-refractivity contribution in [3.8, 4) is 0 Å². The van der Waals surface area contributed by atoms with Crippen LogP contribution in [0.3, 0.4) is 0 Å². The summed E-state index contributed by atoms with van der Waals surface area (Å²) < 4.78 is 1.40. The molecule has 0 aromatic heterocycles. The van der Waals surface area contributed by atoms with E-state index >= 15 is 0 Å². The van der Waals surface area contributed by atoms with Crippen molar-refractivity contribution in [1.29, 1.82) is 0 Å². The molecule has 0 aliphatic heterocycles. The second-order valence-corrected chi connectivity index (χ2v) is 14.6. The SMILES string of the molecule is C[Si](C)(C)N([O-])[Si](C)(C)C. The van der Waals surface area contributed by atoms with E-state index in [2.05, 4.69) is 39.3 Å². The molecule has 0 bridgehead atoms. The predicted octanol–water partition coefficient (Wildman–Crippen LogP) is 2.46. The molecule has 0 N–H and O–H groups in total. The van der Waals surface area contributed by atoms with Crippen LogP contribution in [-0.4, -0.2) is 20.9 Å². The first-order valence-corrected chi connectivity index (χ1v) is 10.5. The minimum atomic E-state index is -1.56. The Labute approximate surface area is 66.0 Å². The van der Waals surface area contributed by atoms with Crippen molar-refractivity contribution in [3.63, 3.8) is 0 Å². The lowest BCUT2D eigenvalue weighted by Gasteiger charge is -2.49. The summed E-state index contributed by atoms with van der Waals surface area (Å²) in [6, 6.07) is 0. The summed E-state index contributed by atoms with van der Waals surface area (Å²) >= 11 is 0. The summed E-state index contributed by atoms with van der Waals surface area (Å²) in [5.41, 5.74) is 0. The van der Waals surface area contributed by atoms with E-state index in [9.17, 15) is 5.21 Å². The minimum absolute atomic E-state index is 1.40. The van der Waals surface area contributed by atoms with E-state index in [-0.39, 0.29) is 0 Å². The van der Waals surface area contributed by atoms with Gasteiger partial charge in [0.05, 0.1) is 16.5 Å². The molecular formula is C6H18NOSi2-. The Morgan fingerprint density at radius 2 is 1.00 bits per heavy atom. The molecule has 0 saturated heterocycles. The zero-order valence-electron chi connectivity index (χ0n) is 7.86. The highest BCUT2D eigenvalue weighted by atomic mass is 28.4. The van der Waals surface area contributed by atoms with Gasteiger partial charge in [0.1, 0.15) is 0 Å². The van der Waals surface area contributed by atoms with E-state index in [1.807, 2.05) is 0 Å². The van der Waals surface area contributed by atoms with Crippen molar-refractivity contribution in [2.24, 2.45) is 0 Å². The van der Waals surface area contributed by atoms with Gasteiger partial charge >= 0.3 is 0 Å². The summed E-state index contributed by atoms with van der Waals surface area (Å²) in [5.74, 6) is 0. The minimum Gasteiger partial charge on any atom is -0.798 e. The van der Waals surface area contributed by atoms with E-state index in [4.69, 9.17) is 0 Å². The largest absolute Gasteiger partial charge is 0.798 e. The monoisotopic (exact) mass is 176 g/mol. The average Bonchev–Trinajstić information content (AvgIpc) is 1.59. The fourth-order valence-electron chi connectivity index (χ4n) is 1.01. The average molecular weight is 176 g/mol. The topological polar surface area (TPSA) is 26.3 Å². The Morgan fingerprint density at radius 3 is 1.00 bits per heavy atom. The molecule has 0 aromatic rings. The van der Waals surface area contributed by atoms with E-state index in [1.54, 1.807) is 0 Å². The van der Waals surface area contributed by atoms with Crippen LogP contribution in [0.5, 0.6) is 0 Å². The highest BCUT2D eigenvalue weighted by Crippen LogP contribution is 2.16. The van der Waals surface area contributed by atoms with Crippen molar-refractivity contribution in [3.05, 3.63) is 5.21 Å². The lowest BCUT2D eigenvalue weighted by atomic mass is 11.8. The van der Waals surface area contributed by atoms with Crippen LogP contribution < -0.4 is 0 Å². The van der Waals surface area contributed by atoms with E-state index in [1.165, 1.54) is 4.39 Å². The van der Waals surface area contributed by atoms with Gasteiger partial charge in [0.2, 0.25) is 0 Å². The standard InChI is InChI=1S/C6H18NOSi2/c1-9(2,3)7(8)10(4,5)6/h1-6H3/q-1. The molecule has 2 nitrogen and oxygen atoms in total. The van der Waals surface area contributed by atoms with Crippen molar-refractivity contribution in [1.82, 2.24) is 4.39 Å². The zero-order chi connectivity index (χ0) is 8.58. The van der Waals surface area contributed by atoms with Gasteiger partial charge in [-0.15, -0.1) is 0 Å². The van der Waals surface area contributed by atoms with Gasteiger partial charge in [-0.25, -0.2) is 0 Å². The smallest absolute Gasteiger partial charge is 0.0995 e. The van der Waals surface area contributed by atoms with Gasteiger partial charge in [0.25, 0.3) is 0 Å². The summed E-state index contributed by atoms with van der Waals surface area (Å²) in [7, 11) is -3.11.